The van der Waals surface area contributed by atoms with E-state index in [-0.39, 0.29) is 18.5 Å². The Morgan fingerprint density at radius 1 is 1.69 bits per heavy atom. The van der Waals surface area contributed by atoms with Crippen LogP contribution >= 0.6 is 0 Å². The number of nitriles is 1. The maximum Gasteiger partial charge on any atom is 0.234 e. The zero-order valence-corrected chi connectivity index (χ0v) is 7.63. The number of hydrogen-bond donors (Lipinski definition) is 2. The van der Waals surface area contributed by atoms with Gasteiger partial charge in [-0.15, -0.1) is 6.42 Å². The van der Waals surface area contributed by atoms with Crippen molar-refractivity contribution in [2.24, 2.45) is 0 Å². The smallest absolute Gasteiger partial charge is 0.234 e. The van der Waals surface area contributed by atoms with Crippen molar-refractivity contribution >= 4 is 5.91 Å². The van der Waals surface area contributed by atoms with E-state index in [1.807, 2.05) is 6.07 Å². The summed E-state index contributed by atoms with van der Waals surface area (Å²) in [5.41, 5.74) is 0. The highest BCUT2D eigenvalue weighted by molar-refractivity contribution is 5.78. The van der Waals surface area contributed by atoms with Crippen molar-refractivity contribution in [2.75, 3.05) is 13.1 Å². The Hall–Kier alpha value is -1.52. The van der Waals surface area contributed by atoms with Crippen molar-refractivity contribution < 1.29 is 4.79 Å². The van der Waals surface area contributed by atoms with Gasteiger partial charge in [0.25, 0.3) is 0 Å². The van der Waals surface area contributed by atoms with Crippen LogP contribution in [0.25, 0.3) is 0 Å². The number of terminal acetylenes is 1. The third kappa shape index (κ3) is 6.86. The lowest BCUT2D eigenvalue weighted by molar-refractivity contribution is -0.120. The molecule has 4 heteroatoms. The first-order valence-electron chi connectivity index (χ1n) is 4.04. The first-order chi connectivity index (χ1) is 6.20. The summed E-state index contributed by atoms with van der Waals surface area (Å²) < 4.78 is 0. The Balaban J connectivity index is 3.43. The van der Waals surface area contributed by atoms with E-state index in [0.717, 1.165) is 0 Å². The van der Waals surface area contributed by atoms with Crippen molar-refractivity contribution in [3.05, 3.63) is 0 Å². The monoisotopic (exact) mass is 179 g/mol. The molecule has 1 unspecified atom stereocenters. The number of amides is 1. The summed E-state index contributed by atoms with van der Waals surface area (Å²) in [6.45, 7) is 2.38. The molecule has 1 amide bonds. The summed E-state index contributed by atoms with van der Waals surface area (Å²) in [5.74, 6) is 2.30. The van der Waals surface area contributed by atoms with E-state index in [2.05, 4.69) is 16.6 Å². The van der Waals surface area contributed by atoms with Gasteiger partial charge in [-0.3, -0.25) is 10.1 Å². The third-order valence-corrected chi connectivity index (χ3v) is 1.38. The van der Waals surface area contributed by atoms with Gasteiger partial charge in [-0.25, -0.2) is 0 Å². The van der Waals surface area contributed by atoms with E-state index in [1.54, 1.807) is 6.92 Å². The molecule has 4 nitrogen and oxygen atoms in total. The maximum absolute atomic E-state index is 11.0. The maximum atomic E-state index is 11.0. The average Bonchev–Trinajstić information content (AvgIpc) is 2.14. The summed E-state index contributed by atoms with van der Waals surface area (Å²) in [5, 5.41) is 13.6. The highest BCUT2D eigenvalue weighted by Crippen LogP contribution is 1.76. The van der Waals surface area contributed by atoms with Crippen molar-refractivity contribution in [1.29, 1.82) is 5.26 Å². The molecular weight excluding hydrogens is 166 g/mol. The molecule has 70 valence electrons. The van der Waals surface area contributed by atoms with E-state index in [9.17, 15) is 4.79 Å². The lowest BCUT2D eigenvalue weighted by Crippen LogP contribution is -2.37. The molecular formula is C9H13N3O. The van der Waals surface area contributed by atoms with Crippen molar-refractivity contribution in [2.45, 2.75) is 19.4 Å². The fourth-order valence-corrected chi connectivity index (χ4v) is 0.625. The molecule has 2 N–H and O–H groups in total. The Bertz CT molecular complexity index is 236. The van der Waals surface area contributed by atoms with Crippen molar-refractivity contribution in [1.82, 2.24) is 10.6 Å². The van der Waals surface area contributed by atoms with Crippen LogP contribution in [0.1, 0.15) is 13.3 Å². The van der Waals surface area contributed by atoms with Crippen molar-refractivity contribution in [3.8, 4) is 18.4 Å². The van der Waals surface area contributed by atoms with Crippen molar-refractivity contribution in [3.63, 3.8) is 0 Å². The van der Waals surface area contributed by atoms with Crippen LogP contribution in [-0.4, -0.2) is 25.0 Å². The molecule has 0 spiro atoms. The average molecular weight is 179 g/mol. The van der Waals surface area contributed by atoms with Crippen LogP contribution in [0, 0.1) is 23.7 Å². The van der Waals surface area contributed by atoms with Crippen LogP contribution in [0.4, 0.5) is 0 Å². The van der Waals surface area contributed by atoms with E-state index in [4.69, 9.17) is 11.7 Å². The van der Waals surface area contributed by atoms with Crippen LogP contribution in [0.15, 0.2) is 0 Å². The minimum absolute atomic E-state index is 0.110. The highest BCUT2D eigenvalue weighted by Gasteiger charge is 2.01. The molecule has 0 bridgehead atoms. The zero-order chi connectivity index (χ0) is 10.1. The topological polar surface area (TPSA) is 64.9 Å². The molecule has 13 heavy (non-hydrogen) atoms. The SMILES string of the molecule is C#CC(C)NCC(=O)NCCC#N. The van der Waals surface area contributed by atoms with E-state index < -0.39 is 0 Å². The van der Waals surface area contributed by atoms with E-state index in [0.29, 0.717) is 13.0 Å². The molecule has 0 saturated carbocycles. The van der Waals surface area contributed by atoms with Crippen LogP contribution < -0.4 is 10.6 Å². The molecule has 0 aromatic carbocycles. The van der Waals surface area contributed by atoms with E-state index >= 15 is 0 Å². The molecule has 0 saturated heterocycles. The van der Waals surface area contributed by atoms with Gasteiger partial charge in [0.1, 0.15) is 0 Å². The van der Waals surface area contributed by atoms with E-state index in [1.165, 1.54) is 0 Å². The molecule has 0 aromatic rings. The molecule has 0 aliphatic heterocycles. The van der Waals surface area contributed by atoms with Gasteiger partial charge < -0.3 is 5.32 Å². The first kappa shape index (κ1) is 11.5. The zero-order valence-electron chi connectivity index (χ0n) is 7.63. The number of carbonyl (C=O) groups is 1. The molecule has 0 heterocycles. The van der Waals surface area contributed by atoms with Gasteiger partial charge in [0.05, 0.1) is 25.1 Å². The Morgan fingerprint density at radius 3 is 2.92 bits per heavy atom. The second-order valence-electron chi connectivity index (χ2n) is 2.53. The molecule has 0 radical (unpaired) electrons. The van der Waals surface area contributed by atoms with Crippen LogP contribution in [0.3, 0.4) is 0 Å². The Morgan fingerprint density at radius 2 is 2.38 bits per heavy atom. The normalized spacial score (nSPS) is 11.0. The molecule has 0 aliphatic carbocycles. The van der Waals surface area contributed by atoms with Gasteiger partial charge in [0, 0.05) is 6.54 Å². The molecule has 0 aromatic heterocycles. The second-order valence-corrected chi connectivity index (χ2v) is 2.53. The fourth-order valence-electron chi connectivity index (χ4n) is 0.625. The fraction of sp³-hybridized carbons (Fsp3) is 0.556. The summed E-state index contributed by atoms with van der Waals surface area (Å²) in [6, 6.07) is 1.82. The molecule has 0 aliphatic rings. The predicted octanol–water partition coefficient (Wildman–Crippen LogP) is -0.372. The third-order valence-electron chi connectivity index (χ3n) is 1.38. The van der Waals surface area contributed by atoms with Gasteiger partial charge in [0.15, 0.2) is 0 Å². The summed E-state index contributed by atoms with van der Waals surface area (Å²) >= 11 is 0. The minimum Gasteiger partial charge on any atom is -0.354 e. The van der Waals surface area contributed by atoms with Gasteiger partial charge >= 0.3 is 0 Å². The van der Waals surface area contributed by atoms with Gasteiger partial charge in [-0.2, -0.15) is 5.26 Å². The first-order valence-corrected chi connectivity index (χ1v) is 4.04. The second kappa shape index (κ2) is 7.15. The number of nitrogens with zero attached hydrogens (tertiary/aromatic N) is 1. The molecule has 1 atom stereocenters. The van der Waals surface area contributed by atoms with Gasteiger partial charge in [-0.1, -0.05) is 5.92 Å². The Kier molecular flexibility index (Phi) is 6.31. The Labute approximate surface area is 78.3 Å². The number of rotatable bonds is 5. The van der Waals surface area contributed by atoms with Crippen LogP contribution in [-0.2, 0) is 4.79 Å². The molecule has 0 fully saturated rings. The summed E-state index contributed by atoms with van der Waals surface area (Å²) in [6.07, 6.45) is 5.42. The lowest BCUT2D eigenvalue weighted by atomic mass is 10.3. The lowest BCUT2D eigenvalue weighted by Gasteiger charge is -2.06. The predicted molar refractivity (Wildman–Crippen MR) is 49.5 cm³/mol. The van der Waals surface area contributed by atoms with Gasteiger partial charge in [0.2, 0.25) is 5.91 Å². The largest absolute Gasteiger partial charge is 0.354 e. The number of carbonyl (C=O) groups excluding carboxylic acids is 1. The van der Waals surface area contributed by atoms with Crippen LogP contribution in [0.5, 0.6) is 0 Å². The molecule has 0 rings (SSSR count). The number of hydrogen-bond acceptors (Lipinski definition) is 3. The minimum atomic E-state index is -0.141. The number of nitrogens with one attached hydrogen (secondary N) is 2. The summed E-state index contributed by atoms with van der Waals surface area (Å²) in [4.78, 5) is 11.0. The highest BCUT2D eigenvalue weighted by atomic mass is 16.1. The standard InChI is InChI=1S/C9H13N3O/c1-3-8(2)12-7-9(13)11-6-4-5-10/h1,8,12H,4,6-7H2,2H3,(H,11,13). The van der Waals surface area contributed by atoms with Gasteiger partial charge in [-0.05, 0) is 6.92 Å². The summed E-state index contributed by atoms with van der Waals surface area (Å²) in [7, 11) is 0. The quantitative estimate of drug-likeness (QED) is 0.447. The van der Waals surface area contributed by atoms with Crippen LogP contribution in [0.2, 0.25) is 0 Å².